The topological polar surface area (TPSA) is 64.2 Å². The van der Waals surface area contributed by atoms with Crippen molar-refractivity contribution in [2.24, 2.45) is 0 Å². The molecule has 0 aliphatic carbocycles. The number of carbonyl (C=O) groups excluding carboxylic acids is 1. The van der Waals surface area contributed by atoms with Gasteiger partial charge in [-0.1, -0.05) is 0 Å². The van der Waals surface area contributed by atoms with E-state index in [-0.39, 0.29) is 5.78 Å². The number of aryl methyl sites for hydroxylation is 1. The molecule has 0 saturated carbocycles. The second-order valence-electron chi connectivity index (χ2n) is 4.22. The van der Waals surface area contributed by atoms with Crippen LogP contribution in [0, 0.1) is 6.92 Å². The van der Waals surface area contributed by atoms with Crippen LogP contribution in [0.25, 0.3) is 11.3 Å². The summed E-state index contributed by atoms with van der Waals surface area (Å²) in [7, 11) is 3.19. The Bertz CT molecular complexity index is 617. The highest BCUT2D eigenvalue weighted by atomic mass is 16.5. The number of nitrogens with one attached hydrogen (secondary N) is 1. The number of hydrogen-bond donors (Lipinski definition) is 1. The summed E-state index contributed by atoms with van der Waals surface area (Å²) in [5.41, 5.74) is 2.72. The van der Waals surface area contributed by atoms with Crippen LogP contribution >= 0.6 is 0 Å². The maximum Gasteiger partial charge on any atom is 0.194 e. The molecule has 0 radical (unpaired) electrons. The van der Waals surface area contributed by atoms with Gasteiger partial charge in [-0.05, 0) is 24.6 Å². The monoisotopic (exact) mass is 260 g/mol. The van der Waals surface area contributed by atoms with Gasteiger partial charge >= 0.3 is 0 Å². The van der Waals surface area contributed by atoms with Gasteiger partial charge < -0.3 is 14.5 Å². The highest BCUT2D eigenvalue weighted by Crippen LogP contribution is 2.34. The molecule has 1 aromatic carbocycles. The van der Waals surface area contributed by atoms with Crippen molar-refractivity contribution in [2.45, 2.75) is 13.8 Å². The third-order valence-electron chi connectivity index (χ3n) is 2.93. The summed E-state index contributed by atoms with van der Waals surface area (Å²) in [4.78, 5) is 18.3. The van der Waals surface area contributed by atoms with Crippen LogP contribution in [0.15, 0.2) is 18.3 Å². The van der Waals surface area contributed by atoms with Gasteiger partial charge in [-0.3, -0.25) is 4.79 Å². The molecule has 1 heterocycles. The van der Waals surface area contributed by atoms with Crippen molar-refractivity contribution in [3.63, 3.8) is 0 Å². The van der Waals surface area contributed by atoms with E-state index in [1.807, 2.05) is 19.1 Å². The zero-order valence-electron chi connectivity index (χ0n) is 11.4. The third-order valence-corrected chi connectivity index (χ3v) is 2.93. The number of aromatic nitrogens is 2. The Morgan fingerprint density at radius 3 is 2.37 bits per heavy atom. The zero-order chi connectivity index (χ0) is 14.0. The van der Waals surface area contributed by atoms with Crippen molar-refractivity contribution in [2.75, 3.05) is 14.2 Å². The lowest BCUT2D eigenvalue weighted by Crippen LogP contribution is -1.95. The molecule has 19 heavy (non-hydrogen) atoms. The van der Waals surface area contributed by atoms with Crippen LogP contribution in [-0.2, 0) is 0 Å². The number of H-pyrrole nitrogens is 1. The minimum absolute atomic E-state index is 0.0932. The molecule has 0 unspecified atom stereocenters. The van der Waals surface area contributed by atoms with Crippen molar-refractivity contribution in [3.8, 4) is 22.8 Å². The van der Waals surface area contributed by atoms with Gasteiger partial charge in [-0.15, -0.1) is 0 Å². The Kier molecular flexibility index (Phi) is 3.55. The number of hydrogen-bond acceptors (Lipinski definition) is 4. The van der Waals surface area contributed by atoms with Gasteiger partial charge in [0.1, 0.15) is 0 Å². The summed E-state index contributed by atoms with van der Waals surface area (Å²) < 4.78 is 10.5. The van der Waals surface area contributed by atoms with Gasteiger partial charge in [0, 0.05) is 12.5 Å². The van der Waals surface area contributed by atoms with E-state index in [1.165, 1.54) is 6.92 Å². The summed E-state index contributed by atoms with van der Waals surface area (Å²) in [5.74, 6) is 1.57. The molecule has 5 heteroatoms. The molecule has 0 aliphatic rings. The number of ketones is 1. The van der Waals surface area contributed by atoms with Crippen molar-refractivity contribution >= 4 is 5.78 Å². The Hall–Kier alpha value is -2.30. The van der Waals surface area contributed by atoms with E-state index in [0.717, 1.165) is 16.8 Å². The fourth-order valence-electron chi connectivity index (χ4n) is 1.91. The number of Topliss-reactive ketones (excluding diaryl/α,β-unsaturated/α-hetero) is 1. The van der Waals surface area contributed by atoms with Crippen LogP contribution in [-0.4, -0.2) is 30.0 Å². The summed E-state index contributed by atoms with van der Waals surface area (Å²) in [5, 5.41) is 0. The summed E-state index contributed by atoms with van der Waals surface area (Å²) in [6, 6.07) is 3.76. The number of rotatable bonds is 4. The van der Waals surface area contributed by atoms with Gasteiger partial charge in [0.2, 0.25) is 0 Å². The highest BCUT2D eigenvalue weighted by molar-refractivity contribution is 5.91. The molecule has 1 N–H and O–H groups in total. The molecule has 5 nitrogen and oxygen atoms in total. The van der Waals surface area contributed by atoms with E-state index in [0.29, 0.717) is 17.3 Å². The SMILES string of the molecule is COc1cc(C)c(-c2cnc(C(C)=O)[nH]2)cc1OC. The molecule has 0 saturated heterocycles. The van der Waals surface area contributed by atoms with Gasteiger partial charge in [0.05, 0.1) is 26.1 Å². The number of carbonyl (C=O) groups is 1. The van der Waals surface area contributed by atoms with Crippen molar-refractivity contribution in [3.05, 3.63) is 29.7 Å². The lowest BCUT2D eigenvalue weighted by molar-refractivity contribution is 0.100. The van der Waals surface area contributed by atoms with E-state index in [4.69, 9.17) is 9.47 Å². The summed E-state index contributed by atoms with van der Waals surface area (Å²) in [6.45, 7) is 3.44. The first-order valence-electron chi connectivity index (χ1n) is 5.85. The van der Waals surface area contributed by atoms with Gasteiger partial charge in [-0.25, -0.2) is 4.98 Å². The maximum absolute atomic E-state index is 11.3. The average molecular weight is 260 g/mol. The van der Waals surface area contributed by atoms with E-state index >= 15 is 0 Å². The molecule has 0 aliphatic heterocycles. The van der Waals surface area contributed by atoms with E-state index in [1.54, 1.807) is 20.4 Å². The standard InChI is InChI=1S/C14H16N2O3/c1-8-5-12(18-3)13(19-4)6-10(8)11-7-15-14(16-11)9(2)17/h5-7H,1-4H3,(H,15,16). The molecule has 0 atom stereocenters. The highest BCUT2D eigenvalue weighted by Gasteiger charge is 2.13. The number of nitrogens with zero attached hydrogens (tertiary/aromatic N) is 1. The first-order valence-corrected chi connectivity index (χ1v) is 5.85. The molecule has 1 aromatic heterocycles. The van der Waals surface area contributed by atoms with Crippen molar-refractivity contribution in [1.29, 1.82) is 0 Å². The predicted molar refractivity (Wildman–Crippen MR) is 71.9 cm³/mol. The van der Waals surface area contributed by atoms with Gasteiger partial charge in [-0.2, -0.15) is 0 Å². The molecular weight excluding hydrogens is 244 g/mol. The van der Waals surface area contributed by atoms with Gasteiger partial charge in [0.15, 0.2) is 23.1 Å². The van der Waals surface area contributed by atoms with Gasteiger partial charge in [0.25, 0.3) is 0 Å². The Morgan fingerprint density at radius 2 is 1.84 bits per heavy atom. The van der Waals surface area contributed by atoms with Crippen LogP contribution in [0.1, 0.15) is 23.1 Å². The van der Waals surface area contributed by atoms with Crippen LogP contribution in [0.4, 0.5) is 0 Å². The smallest absolute Gasteiger partial charge is 0.194 e. The molecule has 2 aromatic rings. The number of ether oxygens (including phenoxy) is 2. The quantitative estimate of drug-likeness (QED) is 0.858. The third kappa shape index (κ3) is 2.45. The molecule has 2 rings (SSSR count). The average Bonchev–Trinajstić information content (AvgIpc) is 2.87. The largest absolute Gasteiger partial charge is 0.493 e. The zero-order valence-corrected chi connectivity index (χ0v) is 11.4. The maximum atomic E-state index is 11.3. The molecule has 0 fully saturated rings. The number of imidazole rings is 1. The van der Waals surface area contributed by atoms with E-state index in [9.17, 15) is 4.79 Å². The van der Waals surface area contributed by atoms with Crippen LogP contribution in [0.5, 0.6) is 11.5 Å². The fourth-order valence-corrected chi connectivity index (χ4v) is 1.91. The predicted octanol–water partition coefficient (Wildman–Crippen LogP) is 2.60. The van der Waals surface area contributed by atoms with Crippen molar-refractivity contribution in [1.82, 2.24) is 9.97 Å². The molecular formula is C14H16N2O3. The Labute approximate surface area is 111 Å². The minimum Gasteiger partial charge on any atom is -0.493 e. The molecule has 0 amide bonds. The number of methoxy groups -OCH3 is 2. The first-order chi connectivity index (χ1) is 9.06. The summed E-state index contributed by atoms with van der Waals surface area (Å²) >= 11 is 0. The van der Waals surface area contributed by atoms with Crippen LogP contribution < -0.4 is 9.47 Å². The van der Waals surface area contributed by atoms with Crippen LogP contribution in [0.3, 0.4) is 0 Å². The second-order valence-corrected chi connectivity index (χ2v) is 4.22. The van der Waals surface area contributed by atoms with Crippen molar-refractivity contribution < 1.29 is 14.3 Å². The summed E-state index contributed by atoms with van der Waals surface area (Å²) in [6.07, 6.45) is 1.64. The van der Waals surface area contributed by atoms with E-state index < -0.39 is 0 Å². The minimum atomic E-state index is -0.0932. The molecule has 0 bridgehead atoms. The molecule has 0 spiro atoms. The van der Waals surface area contributed by atoms with E-state index in [2.05, 4.69) is 9.97 Å². The number of benzene rings is 1. The second kappa shape index (κ2) is 5.14. The Morgan fingerprint density at radius 1 is 1.21 bits per heavy atom. The number of aromatic amines is 1. The normalized spacial score (nSPS) is 10.3. The Balaban J connectivity index is 2.51. The molecule has 100 valence electrons. The lowest BCUT2D eigenvalue weighted by atomic mass is 10.1. The first kappa shape index (κ1) is 13.1. The fraction of sp³-hybridized carbons (Fsp3) is 0.286. The lowest BCUT2D eigenvalue weighted by Gasteiger charge is -2.11. The van der Waals surface area contributed by atoms with Crippen LogP contribution in [0.2, 0.25) is 0 Å².